The van der Waals surface area contributed by atoms with Gasteiger partial charge in [0.2, 0.25) is 0 Å². The SMILES string of the molecule is Cc1ccc2cc(-c3cc4cc(C(=O)O)ccc4o3)c(=O)oc2c1. The molecule has 0 spiro atoms. The van der Waals surface area contributed by atoms with Crippen molar-refractivity contribution in [3.05, 3.63) is 70.1 Å². The van der Waals surface area contributed by atoms with Crippen LogP contribution in [0, 0.1) is 6.92 Å². The molecule has 0 bridgehead atoms. The van der Waals surface area contributed by atoms with Gasteiger partial charge in [-0.05, 0) is 48.9 Å². The van der Waals surface area contributed by atoms with Crippen LogP contribution in [0.3, 0.4) is 0 Å². The summed E-state index contributed by atoms with van der Waals surface area (Å²) in [5.41, 5.74) is 2.01. The quantitative estimate of drug-likeness (QED) is 0.559. The molecule has 0 aliphatic carbocycles. The van der Waals surface area contributed by atoms with E-state index in [9.17, 15) is 9.59 Å². The van der Waals surface area contributed by atoms with Crippen molar-refractivity contribution in [3.63, 3.8) is 0 Å². The highest BCUT2D eigenvalue weighted by Gasteiger charge is 2.14. The van der Waals surface area contributed by atoms with Gasteiger partial charge in [0.05, 0.1) is 5.56 Å². The van der Waals surface area contributed by atoms with Gasteiger partial charge in [-0.25, -0.2) is 9.59 Å². The van der Waals surface area contributed by atoms with Gasteiger partial charge in [-0.3, -0.25) is 0 Å². The minimum absolute atomic E-state index is 0.163. The lowest BCUT2D eigenvalue weighted by atomic mass is 10.1. The summed E-state index contributed by atoms with van der Waals surface area (Å²) < 4.78 is 11.1. The first-order valence-electron chi connectivity index (χ1n) is 7.33. The minimum atomic E-state index is -1.01. The first kappa shape index (κ1) is 14.3. The Bertz CT molecular complexity index is 1160. The van der Waals surface area contributed by atoms with Crippen LogP contribution in [0.15, 0.2) is 62.2 Å². The highest BCUT2D eigenvalue weighted by Crippen LogP contribution is 2.28. The molecule has 1 N–H and O–H groups in total. The third kappa shape index (κ3) is 2.27. The summed E-state index contributed by atoms with van der Waals surface area (Å²) >= 11 is 0. The van der Waals surface area contributed by atoms with Crippen LogP contribution in [0.5, 0.6) is 0 Å². The number of carboxylic acid groups (broad SMARTS) is 1. The van der Waals surface area contributed by atoms with Crippen LogP contribution >= 0.6 is 0 Å². The van der Waals surface area contributed by atoms with E-state index < -0.39 is 11.6 Å². The summed E-state index contributed by atoms with van der Waals surface area (Å²) in [5.74, 6) is -0.663. The van der Waals surface area contributed by atoms with E-state index in [0.29, 0.717) is 27.9 Å². The molecule has 118 valence electrons. The average Bonchev–Trinajstić information content (AvgIpc) is 2.96. The number of benzene rings is 2. The maximum absolute atomic E-state index is 12.3. The number of furan rings is 1. The van der Waals surface area contributed by atoms with Gasteiger partial charge in [-0.1, -0.05) is 12.1 Å². The summed E-state index contributed by atoms with van der Waals surface area (Å²) in [6, 6.07) is 13.5. The van der Waals surface area contributed by atoms with E-state index in [1.807, 2.05) is 19.1 Å². The van der Waals surface area contributed by atoms with E-state index in [-0.39, 0.29) is 5.56 Å². The molecule has 0 saturated carbocycles. The Kier molecular flexibility index (Phi) is 3.03. The first-order chi connectivity index (χ1) is 11.5. The molecule has 0 aliphatic heterocycles. The number of carbonyl (C=O) groups is 1. The van der Waals surface area contributed by atoms with Crippen LogP contribution < -0.4 is 5.63 Å². The summed E-state index contributed by atoms with van der Waals surface area (Å²) in [5, 5.41) is 10.5. The Morgan fingerprint density at radius 1 is 0.917 bits per heavy atom. The third-order valence-electron chi connectivity index (χ3n) is 3.92. The predicted molar refractivity (Wildman–Crippen MR) is 89.4 cm³/mol. The molecule has 0 atom stereocenters. The fourth-order valence-electron chi connectivity index (χ4n) is 2.70. The van der Waals surface area contributed by atoms with Crippen LogP contribution in [0.2, 0.25) is 0 Å². The van der Waals surface area contributed by atoms with Gasteiger partial charge in [0, 0.05) is 10.8 Å². The van der Waals surface area contributed by atoms with E-state index in [4.69, 9.17) is 13.9 Å². The highest BCUT2D eigenvalue weighted by molar-refractivity contribution is 5.94. The second-order valence-corrected chi connectivity index (χ2v) is 5.66. The molecule has 5 nitrogen and oxygen atoms in total. The molecule has 2 aromatic carbocycles. The largest absolute Gasteiger partial charge is 0.478 e. The van der Waals surface area contributed by atoms with Crippen LogP contribution in [0.1, 0.15) is 15.9 Å². The summed E-state index contributed by atoms with van der Waals surface area (Å²) in [7, 11) is 0. The van der Waals surface area contributed by atoms with E-state index in [0.717, 1.165) is 10.9 Å². The molecular weight excluding hydrogens is 308 g/mol. The smallest absolute Gasteiger partial charge is 0.347 e. The molecule has 0 amide bonds. The van der Waals surface area contributed by atoms with Crippen molar-refractivity contribution in [2.24, 2.45) is 0 Å². The number of aryl methyl sites for hydroxylation is 1. The maximum atomic E-state index is 12.3. The van der Waals surface area contributed by atoms with Crippen LogP contribution in [0.4, 0.5) is 0 Å². The number of carboxylic acids is 1. The van der Waals surface area contributed by atoms with Gasteiger partial charge in [-0.2, -0.15) is 0 Å². The normalized spacial score (nSPS) is 11.2. The Morgan fingerprint density at radius 2 is 1.75 bits per heavy atom. The van der Waals surface area contributed by atoms with E-state index in [1.54, 1.807) is 24.3 Å². The minimum Gasteiger partial charge on any atom is -0.478 e. The topological polar surface area (TPSA) is 80.6 Å². The monoisotopic (exact) mass is 320 g/mol. The maximum Gasteiger partial charge on any atom is 0.347 e. The fraction of sp³-hybridized carbons (Fsp3) is 0.0526. The van der Waals surface area contributed by atoms with Gasteiger partial charge in [0.1, 0.15) is 22.5 Å². The summed E-state index contributed by atoms with van der Waals surface area (Å²) in [6.45, 7) is 1.92. The Hall–Kier alpha value is -3.34. The highest BCUT2D eigenvalue weighted by atomic mass is 16.4. The lowest BCUT2D eigenvalue weighted by molar-refractivity contribution is 0.0697. The third-order valence-corrected chi connectivity index (χ3v) is 3.92. The first-order valence-corrected chi connectivity index (χ1v) is 7.33. The lowest BCUT2D eigenvalue weighted by Crippen LogP contribution is -2.01. The van der Waals surface area contributed by atoms with Gasteiger partial charge in [-0.15, -0.1) is 0 Å². The Balaban J connectivity index is 1.92. The van der Waals surface area contributed by atoms with Crippen molar-refractivity contribution in [2.75, 3.05) is 0 Å². The summed E-state index contributed by atoms with van der Waals surface area (Å²) in [4.78, 5) is 23.3. The van der Waals surface area contributed by atoms with Crippen molar-refractivity contribution < 1.29 is 18.7 Å². The van der Waals surface area contributed by atoms with E-state index in [2.05, 4.69) is 0 Å². The number of hydrogen-bond donors (Lipinski definition) is 1. The van der Waals surface area contributed by atoms with Gasteiger partial charge in [0.25, 0.3) is 0 Å². The van der Waals surface area contributed by atoms with Crippen LogP contribution in [0.25, 0.3) is 33.3 Å². The standard InChI is InChI=1S/C19H12O5/c1-10-2-3-11-8-14(19(22)24-16(11)6-10)17-9-13-7-12(18(20)21)4-5-15(13)23-17/h2-9H,1H3,(H,20,21). The number of fused-ring (bicyclic) bond motifs is 2. The molecular formula is C19H12O5. The average molecular weight is 320 g/mol. The summed E-state index contributed by atoms with van der Waals surface area (Å²) in [6.07, 6.45) is 0. The van der Waals surface area contributed by atoms with Crippen LogP contribution in [-0.4, -0.2) is 11.1 Å². The molecule has 0 radical (unpaired) electrons. The number of aromatic carboxylic acids is 1. The molecule has 2 aromatic heterocycles. The van der Waals surface area contributed by atoms with Gasteiger partial charge in [0.15, 0.2) is 0 Å². The molecule has 0 aliphatic rings. The molecule has 0 unspecified atom stereocenters. The molecule has 0 saturated heterocycles. The molecule has 4 rings (SSSR count). The van der Waals surface area contributed by atoms with Gasteiger partial charge >= 0.3 is 11.6 Å². The molecule has 4 aromatic rings. The zero-order valence-electron chi connectivity index (χ0n) is 12.7. The van der Waals surface area contributed by atoms with Crippen molar-refractivity contribution in [1.82, 2.24) is 0 Å². The van der Waals surface area contributed by atoms with Crippen molar-refractivity contribution in [1.29, 1.82) is 0 Å². The lowest BCUT2D eigenvalue weighted by Gasteiger charge is -2.00. The van der Waals surface area contributed by atoms with Crippen LogP contribution in [-0.2, 0) is 0 Å². The zero-order chi connectivity index (χ0) is 16.8. The molecule has 5 heteroatoms. The second kappa shape index (κ2) is 5.09. The molecule has 24 heavy (non-hydrogen) atoms. The zero-order valence-corrected chi connectivity index (χ0v) is 12.7. The number of rotatable bonds is 2. The van der Waals surface area contributed by atoms with Crippen molar-refractivity contribution >= 4 is 27.9 Å². The second-order valence-electron chi connectivity index (χ2n) is 5.66. The fourth-order valence-corrected chi connectivity index (χ4v) is 2.70. The Morgan fingerprint density at radius 3 is 2.54 bits per heavy atom. The van der Waals surface area contributed by atoms with E-state index >= 15 is 0 Å². The number of hydrogen-bond acceptors (Lipinski definition) is 4. The van der Waals surface area contributed by atoms with E-state index in [1.165, 1.54) is 12.1 Å². The van der Waals surface area contributed by atoms with Crippen molar-refractivity contribution in [2.45, 2.75) is 6.92 Å². The predicted octanol–water partition coefficient (Wildman–Crippen LogP) is 4.21. The molecule has 2 heterocycles. The molecule has 0 fully saturated rings. The van der Waals surface area contributed by atoms with Crippen molar-refractivity contribution in [3.8, 4) is 11.3 Å². The Labute approximate surface area is 135 Å². The van der Waals surface area contributed by atoms with Gasteiger partial charge < -0.3 is 13.9 Å².